The number of rotatable bonds is 1. The van der Waals surface area contributed by atoms with Crippen LogP contribution in [0.1, 0.15) is 15.9 Å². The molecule has 0 fully saturated rings. The normalized spacial score (nSPS) is 17.7. The predicted octanol–water partition coefficient (Wildman–Crippen LogP) is 2.68. The SMILES string of the molecule is O=C1COc2ccc(/C=C3\COc4ccccc4C3=O)cc2N1. The monoisotopic (exact) mass is 307 g/mol. The lowest BCUT2D eigenvalue weighted by molar-refractivity contribution is -0.118. The largest absolute Gasteiger partial charge is 0.488 e. The molecule has 4 rings (SSSR count). The van der Waals surface area contributed by atoms with E-state index in [1.54, 1.807) is 30.3 Å². The lowest BCUT2D eigenvalue weighted by atomic mass is 9.98. The minimum Gasteiger partial charge on any atom is -0.488 e. The Hall–Kier alpha value is -3.08. The first-order chi connectivity index (χ1) is 11.2. The van der Waals surface area contributed by atoms with Crippen molar-refractivity contribution in [1.82, 2.24) is 0 Å². The van der Waals surface area contributed by atoms with Crippen LogP contribution in [0.2, 0.25) is 0 Å². The van der Waals surface area contributed by atoms with Crippen molar-refractivity contribution in [2.24, 2.45) is 0 Å². The second-order valence-corrected chi connectivity index (χ2v) is 5.38. The summed E-state index contributed by atoms with van der Waals surface area (Å²) in [5.41, 5.74) is 2.56. The molecule has 2 aliphatic heterocycles. The Labute approximate surface area is 132 Å². The van der Waals surface area contributed by atoms with E-state index in [9.17, 15) is 9.59 Å². The van der Waals surface area contributed by atoms with Gasteiger partial charge in [0.2, 0.25) is 0 Å². The van der Waals surface area contributed by atoms with Crippen molar-refractivity contribution in [3.8, 4) is 11.5 Å². The van der Waals surface area contributed by atoms with Crippen molar-refractivity contribution < 1.29 is 19.1 Å². The first kappa shape index (κ1) is 13.6. The van der Waals surface area contributed by atoms with Gasteiger partial charge in [0.05, 0.1) is 11.3 Å². The smallest absolute Gasteiger partial charge is 0.262 e. The molecule has 2 aliphatic rings. The van der Waals surface area contributed by atoms with Gasteiger partial charge in [-0.2, -0.15) is 0 Å². The summed E-state index contributed by atoms with van der Waals surface area (Å²) in [5, 5.41) is 2.75. The van der Waals surface area contributed by atoms with Gasteiger partial charge in [0, 0.05) is 5.57 Å². The zero-order valence-corrected chi connectivity index (χ0v) is 12.2. The Balaban J connectivity index is 1.68. The molecule has 0 aliphatic carbocycles. The van der Waals surface area contributed by atoms with E-state index in [4.69, 9.17) is 9.47 Å². The van der Waals surface area contributed by atoms with E-state index >= 15 is 0 Å². The number of carbonyl (C=O) groups is 2. The van der Waals surface area contributed by atoms with Gasteiger partial charge in [-0.25, -0.2) is 0 Å². The second-order valence-electron chi connectivity index (χ2n) is 5.38. The Morgan fingerprint density at radius 1 is 0.957 bits per heavy atom. The summed E-state index contributed by atoms with van der Waals surface area (Å²) in [6, 6.07) is 12.6. The third-order valence-electron chi connectivity index (χ3n) is 3.78. The number of carbonyl (C=O) groups excluding carboxylic acids is 2. The molecule has 0 bridgehead atoms. The summed E-state index contributed by atoms with van der Waals surface area (Å²) >= 11 is 0. The molecule has 2 aromatic carbocycles. The van der Waals surface area contributed by atoms with Crippen molar-refractivity contribution in [1.29, 1.82) is 0 Å². The number of amides is 1. The number of Topliss-reactive ketones (excluding diaryl/α,β-unsaturated/α-hetero) is 1. The summed E-state index contributed by atoms with van der Waals surface area (Å²) in [6.07, 6.45) is 1.78. The molecular weight excluding hydrogens is 294 g/mol. The van der Waals surface area contributed by atoms with Gasteiger partial charge in [-0.05, 0) is 35.9 Å². The molecule has 0 unspecified atom stereocenters. The van der Waals surface area contributed by atoms with Crippen LogP contribution in [0.5, 0.6) is 11.5 Å². The molecule has 0 aromatic heterocycles. The lowest BCUT2D eigenvalue weighted by Crippen LogP contribution is -2.25. The Kier molecular flexibility index (Phi) is 3.12. The van der Waals surface area contributed by atoms with Crippen LogP contribution in [0.4, 0.5) is 5.69 Å². The number of ketones is 1. The van der Waals surface area contributed by atoms with Crippen LogP contribution in [-0.2, 0) is 4.79 Å². The number of anilines is 1. The Morgan fingerprint density at radius 3 is 2.70 bits per heavy atom. The highest BCUT2D eigenvalue weighted by Gasteiger charge is 2.23. The van der Waals surface area contributed by atoms with Crippen molar-refractivity contribution in [3.63, 3.8) is 0 Å². The maximum Gasteiger partial charge on any atom is 0.262 e. The van der Waals surface area contributed by atoms with Crippen LogP contribution in [0.3, 0.4) is 0 Å². The van der Waals surface area contributed by atoms with E-state index < -0.39 is 0 Å². The van der Waals surface area contributed by atoms with Gasteiger partial charge < -0.3 is 14.8 Å². The highest BCUT2D eigenvalue weighted by atomic mass is 16.5. The molecule has 5 heteroatoms. The summed E-state index contributed by atoms with van der Waals surface area (Å²) in [4.78, 5) is 23.9. The first-order valence-electron chi connectivity index (χ1n) is 7.24. The number of hydrogen-bond donors (Lipinski definition) is 1. The average molecular weight is 307 g/mol. The molecule has 23 heavy (non-hydrogen) atoms. The topological polar surface area (TPSA) is 64.6 Å². The molecule has 114 valence electrons. The fourth-order valence-corrected chi connectivity index (χ4v) is 2.67. The van der Waals surface area contributed by atoms with E-state index in [0.29, 0.717) is 28.3 Å². The number of benzene rings is 2. The van der Waals surface area contributed by atoms with E-state index in [1.165, 1.54) is 0 Å². The fourth-order valence-electron chi connectivity index (χ4n) is 2.67. The molecule has 2 aromatic rings. The summed E-state index contributed by atoms with van der Waals surface area (Å²) in [7, 11) is 0. The number of nitrogens with one attached hydrogen (secondary N) is 1. The van der Waals surface area contributed by atoms with Crippen LogP contribution in [0.25, 0.3) is 6.08 Å². The molecule has 1 N–H and O–H groups in total. The Bertz CT molecular complexity index is 854. The summed E-state index contributed by atoms with van der Waals surface area (Å²) < 4.78 is 10.9. The van der Waals surface area contributed by atoms with Crippen molar-refractivity contribution in [2.45, 2.75) is 0 Å². The number of fused-ring (bicyclic) bond motifs is 2. The third kappa shape index (κ3) is 2.46. The lowest BCUT2D eigenvalue weighted by Gasteiger charge is -2.20. The standard InChI is InChI=1S/C18H13NO4/c20-17-10-23-16-6-5-11(8-14(16)19-17)7-12-9-22-15-4-2-1-3-13(15)18(12)21/h1-8H,9-10H2,(H,19,20)/b12-7+. The van der Waals surface area contributed by atoms with Crippen molar-refractivity contribution in [3.05, 3.63) is 59.2 Å². The van der Waals surface area contributed by atoms with Gasteiger partial charge in [-0.15, -0.1) is 0 Å². The molecular formula is C18H13NO4. The molecule has 2 heterocycles. The Morgan fingerprint density at radius 2 is 1.78 bits per heavy atom. The van der Waals surface area contributed by atoms with Gasteiger partial charge in [0.15, 0.2) is 12.4 Å². The fraction of sp³-hybridized carbons (Fsp3) is 0.111. The minimum atomic E-state index is -0.187. The quantitative estimate of drug-likeness (QED) is 0.823. The maximum absolute atomic E-state index is 12.5. The highest BCUT2D eigenvalue weighted by molar-refractivity contribution is 6.14. The predicted molar refractivity (Wildman–Crippen MR) is 84.8 cm³/mol. The number of para-hydroxylation sites is 1. The number of ether oxygens (including phenoxy) is 2. The molecule has 0 saturated heterocycles. The van der Waals surface area contributed by atoms with E-state index in [0.717, 1.165) is 5.56 Å². The molecule has 0 spiro atoms. The van der Waals surface area contributed by atoms with Gasteiger partial charge in [0.1, 0.15) is 18.1 Å². The van der Waals surface area contributed by atoms with Crippen LogP contribution >= 0.6 is 0 Å². The highest BCUT2D eigenvalue weighted by Crippen LogP contribution is 2.31. The molecule has 0 radical (unpaired) electrons. The second kappa shape index (κ2) is 5.28. The average Bonchev–Trinajstić information content (AvgIpc) is 2.57. The van der Waals surface area contributed by atoms with Crippen LogP contribution in [-0.4, -0.2) is 24.9 Å². The summed E-state index contributed by atoms with van der Waals surface area (Å²) in [6.45, 7) is 0.256. The van der Waals surface area contributed by atoms with Gasteiger partial charge >= 0.3 is 0 Å². The minimum absolute atomic E-state index is 0.0244. The number of hydrogen-bond acceptors (Lipinski definition) is 4. The van der Waals surface area contributed by atoms with E-state index in [-0.39, 0.29) is 24.9 Å². The molecule has 0 atom stereocenters. The van der Waals surface area contributed by atoms with Crippen molar-refractivity contribution >= 4 is 23.5 Å². The van der Waals surface area contributed by atoms with Crippen LogP contribution < -0.4 is 14.8 Å². The molecule has 1 amide bonds. The zero-order chi connectivity index (χ0) is 15.8. The van der Waals surface area contributed by atoms with E-state index in [1.807, 2.05) is 18.2 Å². The first-order valence-corrected chi connectivity index (χ1v) is 7.24. The van der Waals surface area contributed by atoms with Crippen molar-refractivity contribution in [2.75, 3.05) is 18.5 Å². The van der Waals surface area contributed by atoms with E-state index in [2.05, 4.69) is 5.32 Å². The van der Waals surface area contributed by atoms with Gasteiger partial charge in [-0.1, -0.05) is 18.2 Å². The third-order valence-corrected chi connectivity index (χ3v) is 3.78. The van der Waals surface area contributed by atoms with Crippen LogP contribution in [0, 0.1) is 0 Å². The van der Waals surface area contributed by atoms with Gasteiger partial charge in [0.25, 0.3) is 5.91 Å². The molecule has 0 saturated carbocycles. The van der Waals surface area contributed by atoms with Crippen LogP contribution in [0.15, 0.2) is 48.0 Å². The maximum atomic E-state index is 12.5. The zero-order valence-electron chi connectivity index (χ0n) is 12.2. The summed E-state index contributed by atoms with van der Waals surface area (Å²) in [5.74, 6) is 1.02. The van der Waals surface area contributed by atoms with Gasteiger partial charge in [-0.3, -0.25) is 9.59 Å². The molecule has 5 nitrogen and oxygen atoms in total.